The Hall–Kier alpha value is 0.275. The van der Waals surface area contributed by atoms with Crippen molar-refractivity contribution in [3.05, 3.63) is 0 Å². The lowest BCUT2D eigenvalue weighted by atomic mass is 10.5. The van der Waals surface area contributed by atoms with Crippen LogP contribution in [-0.4, -0.2) is 17.7 Å². The third kappa shape index (κ3) is 48.9. The van der Waals surface area contributed by atoms with Crippen molar-refractivity contribution in [2.24, 2.45) is 0 Å². The maximum absolute atomic E-state index is 7.12. The first-order valence-corrected chi connectivity index (χ1v) is 0.632. The summed E-state index contributed by atoms with van der Waals surface area (Å²) >= 11 is 0. The van der Waals surface area contributed by atoms with E-state index in [1.165, 1.54) is 0 Å². The molecule has 0 heterocycles. The molecule has 0 spiro atoms. The van der Waals surface area contributed by atoms with Gasteiger partial charge in [-0.3, -0.25) is 0 Å². The van der Waals surface area contributed by atoms with Crippen molar-refractivity contribution < 1.29 is 10.0 Å². The molecule has 0 bridgehead atoms. The van der Waals surface area contributed by atoms with Gasteiger partial charge in [-0.05, 0) is 0 Å². The zero-order valence-corrected chi connectivity index (χ0v) is 2.83. The van der Waals surface area contributed by atoms with Crippen LogP contribution in [0.3, 0.4) is 0 Å². The lowest BCUT2D eigenvalue weighted by molar-refractivity contribution is 0.448. The predicted molar refractivity (Wildman–Crippen MR) is 18.8 cm³/mol. The van der Waals surface area contributed by atoms with Crippen molar-refractivity contribution >= 4 is 20.1 Å². The fourth-order valence-electron chi connectivity index (χ4n) is 0. The molecule has 2 N–H and O–H groups in total. The van der Waals surface area contributed by atoms with Gasteiger partial charge in [-0.1, -0.05) is 0 Å². The second-order valence-electron chi connectivity index (χ2n) is 0.141. The van der Waals surface area contributed by atoms with Crippen molar-refractivity contribution in [3.8, 4) is 0 Å². The van der Waals surface area contributed by atoms with E-state index in [9.17, 15) is 0 Å². The SMILES string of the molecule is Cl.OBO. The van der Waals surface area contributed by atoms with Crippen molar-refractivity contribution in [1.82, 2.24) is 0 Å². The largest absolute Gasteiger partial charge is 0.432 e. The molecule has 0 saturated carbocycles. The maximum Gasteiger partial charge on any atom is 0.432 e. The van der Waals surface area contributed by atoms with E-state index in [4.69, 9.17) is 10.0 Å². The van der Waals surface area contributed by atoms with E-state index in [0.717, 1.165) is 0 Å². The topological polar surface area (TPSA) is 40.5 Å². The van der Waals surface area contributed by atoms with Crippen molar-refractivity contribution in [2.45, 2.75) is 0 Å². The van der Waals surface area contributed by atoms with Crippen LogP contribution in [0.1, 0.15) is 0 Å². The maximum atomic E-state index is 7.12. The molecule has 0 amide bonds. The summed E-state index contributed by atoms with van der Waals surface area (Å²) in [5.74, 6) is 0. The molecule has 0 fully saturated rings. The highest BCUT2D eigenvalue weighted by molar-refractivity contribution is 6.13. The third-order valence-electron chi connectivity index (χ3n) is 0. The van der Waals surface area contributed by atoms with Gasteiger partial charge in [-0.2, -0.15) is 0 Å². The average Bonchev–Trinajstić information content (AvgIpc) is 0.918. The van der Waals surface area contributed by atoms with Crippen molar-refractivity contribution in [2.75, 3.05) is 0 Å². The first kappa shape index (κ1) is 8.86. The summed E-state index contributed by atoms with van der Waals surface area (Å²) in [7, 11) is -0.750. The molecule has 0 radical (unpaired) electrons. The lowest BCUT2D eigenvalue weighted by Gasteiger charge is -1.48. The molecule has 0 atom stereocenters. The van der Waals surface area contributed by atoms with Gasteiger partial charge in [-0.15, -0.1) is 12.4 Å². The predicted octanol–water partition coefficient (Wildman–Crippen LogP) is -1.34. The summed E-state index contributed by atoms with van der Waals surface area (Å²) < 4.78 is 0. The summed E-state index contributed by atoms with van der Waals surface area (Å²) in [5.41, 5.74) is 0. The van der Waals surface area contributed by atoms with Crippen LogP contribution >= 0.6 is 12.4 Å². The van der Waals surface area contributed by atoms with E-state index in [-0.39, 0.29) is 12.4 Å². The molecule has 0 aliphatic heterocycles. The Balaban J connectivity index is 0. The molecule has 0 unspecified atom stereocenters. The Labute approximate surface area is 31.2 Å². The van der Waals surface area contributed by atoms with Crippen LogP contribution in [0, 0.1) is 0 Å². The van der Waals surface area contributed by atoms with Crippen LogP contribution in [0.25, 0.3) is 0 Å². The molecule has 4 heavy (non-hydrogen) atoms. The van der Waals surface area contributed by atoms with Crippen LogP contribution in [0.2, 0.25) is 0 Å². The first-order valence-electron chi connectivity index (χ1n) is 0.632. The van der Waals surface area contributed by atoms with Gasteiger partial charge in [0.05, 0.1) is 0 Å². The first-order chi connectivity index (χ1) is 1.41. The second-order valence-corrected chi connectivity index (χ2v) is 0.141. The molecule has 2 nitrogen and oxygen atoms in total. The molecule has 0 saturated heterocycles. The molecule has 4 heteroatoms. The van der Waals surface area contributed by atoms with Crippen LogP contribution in [0.15, 0.2) is 0 Å². The molecule has 0 aromatic rings. The molecule has 0 rings (SSSR count). The lowest BCUT2D eigenvalue weighted by Crippen LogP contribution is -1.75. The average molecular weight is 82.3 g/mol. The fourth-order valence-corrected chi connectivity index (χ4v) is 0. The Morgan fingerprint density at radius 2 is 1.25 bits per heavy atom. The highest BCUT2D eigenvalue weighted by Crippen LogP contribution is 1.08. The van der Waals surface area contributed by atoms with E-state index < -0.39 is 7.69 Å². The molecule has 0 aliphatic carbocycles. The molecular formula is H4BClO2. The van der Waals surface area contributed by atoms with Gasteiger partial charge in [0, 0.05) is 0 Å². The van der Waals surface area contributed by atoms with Gasteiger partial charge in [0.15, 0.2) is 0 Å². The van der Waals surface area contributed by atoms with Crippen LogP contribution in [0.5, 0.6) is 0 Å². The standard InChI is InChI=1S/BH3O2.ClH/c2-1-3;/h1-3H;1H. The third-order valence-corrected chi connectivity index (χ3v) is 0. The summed E-state index contributed by atoms with van der Waals surface area (Å²) in [4.78, 5) is 0. The Bertz CT molecular complexity index is 6.00. The Kier molecular flexibility index (Phi) is 23.1. The number of halogens is 1. The molecule has 0 aliphatic rings. The van der Waals surface area contributed by atoms with E-state index >= 15 is 0 Å². The van der Waals surface area contributed by atoms with E-state index in [0.29, 0.717) is 0 Å². The molecule has 26 valence electrons. The summed E-state index contributed by atoms with van der Waals surface area (Å²) in [5, 5.41) is 14.2. The van der Waals surface area contributed by atoms with Crippen LogP contribution in [-0.2, 0) is 0 Å². The zero-order chi connectivity index (χ0) is 2.71. The number of rotatable bonds is 0. The quantitative estimate of drug-likeness (QED) is 0.355. The van der Waals surface area contributed by atoms with Gasteiger partial charge in [0.1, 0.15) is 0 Å². The van der Waals surface area contributed by atoms with Crippen molar-refractivity contribution in [3.63, 3.8) is 0 Å². The zero-order valence-electron chi connectivity index (χ0n) is 2.01. The monoisotopic (exact) mass is 82.0 g/mol. The fraction of sp³-hybridized carbons (Fsp3) is 0. The molecule has 0 aromatic carbocycles. The minimum Gasteiger partial charge on any atom is -0.430 e. The normalized spacial score (nSPS) is 3.50. The van der Waals surface area contributed by atoms with Crippen LogP contribution < -0.4 is 0 Å². The minimum atomic E-state index is -0.750. The number of hydrogen-bond donors (Lipinski definition) is 2. The second kappa shape index (κ2) is 10.4. The van der Waals surface area contributed by atoms with Crippen molar-refractivity contribution in [1.29, 1.82) is 0 Å². The van der Waals surface area contributed by atoms with E-state index in [1.807, 2.05) is 0 Å². The van der Waals surface area contributed by atoms with Gasteiger partial charge in [0.2, 0.25) is 0 Å². The van der Waals surface area contributed by atoms with Gasteiger partial charge in [0.25, 0.3) is 0 Å². The van der Waals surface area contributed by atoms with E-state index in [2.05, 4.69) is 0 Å². The highest BCUT2D eigenvalue weighted by Gasteiger charge is 1.48. The van der Waals surface area contributed by atoms with E-state index in [1.54, 1.807) is 0 Å². The van der Waals surface area contributed by atoms with Gasteiger partial charge < -0.3 is 10.0 Å². The highest BCUT2D eigenvalue weighted by atomic mass is 35.5. The number of hydrogen-bond acceptors (Lipinski definition) is 2. The Morgan fingerprint density at radius 3 is 1.25 bits per heavy atom. The molecular weight excluding hydrogens is 78.3 g/mol. The smallest absolute Gasteiger partial charge is 0.430 e. The Morgan fingerprint density at radius 1 is 1.25 bits per heavy atom. The molecule has 0 aromatic heterocycles. The summed E-state index contributed by atoms with van der Waals surface area (Å²) in [6.07, 6.45) is 0. The summed E-state index contributed by atoms with van der Waals surface area (Å²) in [6, 6.07) is 0. The minimum absolute atomic E-state index is 0. The van der Waals surface area contributed by atoms with Crippen LogP contribution in [0.4, 0.5) is 0 Å². The van der Waals surface area contributed by atoms with Gasteiger partial charge >= 0.3 is 7.69 Å². The summed E-state index contributed by atoms with van der Waals surface area (Å²) in [6.45, 7) is 0. The van der Waals surface area contributed by atoms with Gasteiger partial charge in [-0.25, -0.2) is 0 Å².